The zero-order valence-corrected chi connectivity index (χ0v) is 17.7. The molecule has 146 valence electrons. The molecular weight excluding hydrogens is 364 g/mol. The molecule has 1 aliphatic carbocycles. The molecule has 5 heteroatoms. The highest BCUT2D eigenvalue weighted by molar-refractivity contribution is 7.19. The topological polar surface area (TPSA) is 32.3 Å². The number of fused-ring (bicyclic) bond motifs is 3. The number of hydrogen-bond acceptors (Lipinski definition) is 5. The summed E-state index contributed by atoms with van der Waals surface area (Å²) in [5.41, 5.74) is 4.28. The SMILES string of the molecule is Cc1nc(N2CCN(c3ccccc3C)CC2)c2c3c(sc2n1)CCCCC3. The Hall–Kier alpha value is -2.14. The maximum absolute atomic E-state index is 4.95. The number of rotatable bonds is 2. The van der Waals surface area contributed by atoms with Gasteiger partial charge in [0.15, 0.2) is 0 Å². The Morgan fingerprint density at radius 1 is 0.857 bits per heavy atom. The first-order chi connectivity index (χ1) is 13.7. The Balaban J connectivity index is 1.47. The molecule has 0 amide bonds. The van der Waals surface area contributed by atoms with Gasteiger partial charge in [-0.2, -0.15) is 0 Å². The molecule has 0 unspecified atom stereocenters. The van der Waals surface area contributed by atoms with Gasteiger partial charge in [0.05, 0.1) is 5.39 Å². The van der Waals surface area contributed by atoms with Gasteiger partial charge in [0.1, 0.15) is 16.5 Å². The molecule has 1 fully saturated rings. The Morgan fingerprint density at radius 2 is 1.61 bits per heavy atom. The van der Waals surface area contributed by atoms with E-state index in [-0.39, 0.29) is 0 Å². The lowest BCUT2D eigenvalue weighted by atomic mass is 10.1. The van der Waals surface area contributed by atoms with E-state index in [1.54, 1.807) is 10.4 Å². The maximum atomic E-state index is 4.95. The first-order valence-electron chi connectivity index (χ1n) is 10.5. The molecule has 28 heavy (non-hydrogen) atoms. The van der Waals surface area contributed by atoms with Gasteiger partial charge in [-0.05, 0) is 56.7 Å². The zero-order chi connectivity index (χ0) is 19.1. The maximum Gasteiger partial charge on any atom is 0.141 e. The third kappa shape index (κ3) is 3.16. The van der Waals surface area contributed by atoms with Crippen LogP contribution in [-0.4, -0.2) is 36.1 Å². The third-order valence-corrected chi connectivity index (χ3v) is 7.38. The molecule has 1 aromatic carbocycles. The summed E-state index contributed by atoms with van der Waals surface area (Å²) >= 11 is 1.92. The van der Waals surface area contributed by atoms with Gasteiger partial charge in [-0.15, -0.1) is 11.3 Å². The summed E-state index contributed by atoms with van der Waals surface area (Å²) in [5.74, 6) is 2.09. The van der Waals surface area contributed by atoms with Gasteiger partial charge in [-0.1, -0.05) is 24.6 Å². The molecule has 1 aliphatic heterocycles. The minimum absolute atomic E-state index is 0.903. The van der Waals surface area contributed by atoms with E-state index >= 15 is 0 Å². The van der Waals surface area contributed by atoms with E-state index in [4.69, 9.17) is 9.97 Å². The predicted octanol–water partition coefficient (Wildman–Crippen LogP) is 4.90. The summed E-state index contributed by atoms with van der Waals surface area (Å²) < 4.78 is 0. The second-order valence-corrected chi connectivity index (χ2v) is 9.18. The average molecular weight is 393 g/mol. The lowest BCUT2D eigenvalue weighted by Crippen LogP contribution is -2.47. The Labute approximate surface area is 171 Å². The lowest BCUT2D eigenvalue weighted by Gasteiger charge is -2.37. The highest BCUT2D eigenvalue weighted by Crippen LogP contribution is 2.39. The largest absolute Gasteiger partial charge is 0.368 e. The van der Waals surface area contributed by atoms with Gasteiger partial charge < -0.3 is 9.80 Å². The van der Waals surface area contributed by atoms with Crippen molar-refractivity contribution in [3.8, 4) is 0 Å². The van der Waals surface area contributed by atoms with Crippen molar-refractivity contribution in [1.29, 1.82) is 0 Å². The Bertz CT molecular complexity index is 1000. The smallest absolute Gasteiger partial charge is 0.141 e. The highest BCUT2D eigenvalue weighted by Gasteiger charge is 2.25. The van der Waals surface area contributed by atoms with Crippen molar-refractivity contribution in [3.05, 3.63) is 46.1 Å². The van der Waals surface area contributed by atoms with Gasteiger partial charge in [0, 0.05) is 36.7 Å². The highest BCUT2D eigenvalue weighted by atomic mass is 32.1. The molecule has 0 spiro atoms. The van der Waals surface area contributed by atoms with E-state index < -0.39 is 0 Å². The van der Waals surface area contributed by atoms with Crippen molar-refractivity contribution in [2.45, 2.75) is 46.0 Å². The van der Waals surface area contributed by atoms with Crippen LogP contribution >= 0.6 is 11.3 Å². The quantitative estimate of drug-likeness (QED) is 0.581. The number of aromatic nitrogens is 2. The first kappa shape index (κ1) is 17.9. The number of benzene rings is 1. The average Bonchev–Trinajstić information content (AvgIpc) is 2.89. The molecule has 2 aliphatic rings. The first-order valence-corrected chi connectivity index (χ1v) is 11.4. The fourth-order valence-electron chi connectivity index (χ4n) is 4.72. The van der Waals surface area contributed by atoms with E-state index in [1.807, 2.05) is 18.3 Å². The van der Waals surface area contributed by atoms with Crippen LogP contribution in [-0.2, 0) is 12.8 Å². The van der Waals surface area contributed by atoms with Gasteiger partial charge in [-0.25, -0.2) is 9.97 Å². The van der Waals surface area contributed by atoms with Crippen molar-refractivity contribution in [1.82, 2.24) is 9.97 Å². The molecule has 1 saturated heterocycles. The van der Waals surface area contributed by atoms with Gasteiger partial charge in [0.25, 0.3) is 0 Å². The van der Waals surface area contributed by atoms with Crippen LogP contribution in [0.1, 0.15) is 41.1 Å². The summed E-state index contributed by atoms with van der Waals surface area (Å²) in [5, 5.41) is 1.36. The van der Waals surface area contributed by atoms with E-state index in [2.05, 4.69) is 41.0 Å². The summed E-state index contributed by atoms with van der Waals surface area (Å²) in [4.78, 5) is 17.6. The molecule has 0 radical (unpaired) electrons. The summed E-state index contributed by atoms with van der Waals surface area (Å²) in [6.45, 7) is 8.37. The van der Waals surface area contributed by atoms with Crippen molar-refractivity contribution in [2.24, 2.45) is 0 Å². The van der Waals surface area contributed by atoms with Gasteiger partial charge in [0.2, 0.25) is 0 Å². The minimum atomic E-state index is 0.903. The van der Waals surface area contributed by atoms with Crippen LogP contribution in [0.15, 0.2) is 24.3 Å². The summed E-state index contributed by atoms with van der Waals surface area (Å²) in [6.07, 6.45) is 6.37. The molecule has 0 N–H and O–H groups in total. The second-order valence-electron chi connectivity index (χ2n) is 8.10. The van der Waals surface area contributed by atoms with Crippen molar-refractivity contribution < 1.29 is 0 Å². The number of anilines is 2. The van der Waals surface area contributed by atoms with Crippen LogP contribution in [0.25, 0.3) is 10.2 Å². The number of hydrogen-bond donors (Lipinski definition) is 0. The monoisotopic (exact) mass is 392 g/mol. The predicted molar refractivity (Wildman–Crippen MR) is 119 cm³/mol. The van der Waals surface area contributed by atoms with E-state index in [0.717, 1.165) is 32.0 Å². The summed E-state index contributed by atoms with van der Waals surface area (Å²) in [6, 6.07) is 8.72. The molecule has 0 atom stereocenters. The Morgan fingerprint density at radius 3 is 2.43 bits per heavy atom. The van der Waals surface area contributed by atoms with Crippen LogP contribution in [0, 0.1) is 13.8 Å². The van der Waals surface area contributed by atoms with Crippen LogP contribution in [0.2, 0.25) is 0 Å². The fraction of sp³-hybridized carbons (Fsp3) is 0.478. The minimum Gasteiger partial charge on any atom is -0.368 e. The van der Waals surface area contributed by atoms with E-state index in [9.17, 15) is 0 Å². The third-order valence-electron chi connectivity index (χ3n) is 6.19. The summed E-state index contributed by atoms with van der Waals surface area (Å²) in [7, 11) is 0. The van der Waals surface area contributed by atoms with Crippen molar-refractivity contribution in [3.63, 3.8) is 0 Å². The van der Waals surface area contributed by atoms with Gasteiger partial charge in [-0.3, -0.25) is 0 Å². The second kappa shape index (κ2) is 7.36. The van der Waals surface area contributed by atoms with Crippen LogP contribution in [0.4, 0.5) is 11.5 Å². The molecule has 4 nitrogen and oxygen atoms in total. The molecule has 0 bridgehead atoms. The molecule has 5 rings (SSSR count). The van der Waals surface area contributed by atoms with E-state index in [0.29, 0.717) is 0 Å². The fourth-order valence-corrected chi connectivity index (χ4v) is 6.03. The van der Waals surface area contributed by atoms with E-state index in [1.165, 1.54) is 59.4 Å². The number of piperazine rings is 1. The van der Waals surface area contributed by atoms with Gasteiger partial charge >= 0.3 is 0 Å². The number of aryl methyl sites for hydroxylation is 4. The molecule has 0 saturated carbocycles. The van der Waals surface area contributed by atoms with Crippen molar-refractivity contribution >= 4 is 33.1 Å². The normalized spacial score (nSPS) is 17.6. The molecule has 3 heterocycles. The Kier molecular flexibility index (Phi) is 4.71. The standard InChI is InChI=1S/C23H28N4S/c1-16-8-6-7-10-19(16)26-12-14-27(15-13-26)22-21-18-9-4-3-5-11-20(18)28-23(21)25-17(2)24-22/h6-8,10H,3-5,9,11-15H2,1-2H3. The zero-order valence-electron chi connectivity index (χ0n) is 16.9. The number of nitrogens with zero attached hydrogens (tertiary/aromatic N) is 4. The molecule has 3 aromatic rings. The van der Waals surface area contributed by atoms with Crippen LogP contribution < -0.4 is 9.80 Å². The number of thiophene rings is 1. The lowest BCUT2D eigenvalue weighted by molar-refractivity contribution is 0.646. The van der Waals surface area contributed by atoms with Crippen LogP contribution in [0.3, 0.4) is 0 Å². The number of para-hydroxylation sites is 1. The molecule has 2 aromatic heterocycles. The van der Waals surface area contributed by atoms with Crippen LogP contribution in [0.5, 0.6) is 0 Å². The molecular formula is C23H28N4S. The van der Waals surface area contributed by atoms with Crippen molar-refractivity contribution in [2.75, 3.05) is 36.0 Å².